The maximum absolute atomic E-state index is 13.5. The van der Waals surface area contributed by atoms with Crippen molar-refractivity contribution in [2.45, 2.75) is 19.9 Å². The van der Waals surface area contributed by atoms with Crippen LogP contribution in [0.4, 0.5) is 10.1 Å². The molecule has 0 aromatic heterocycles. The quantitative estimate of drug-likeness (QED) is 0.885. The second-order valence-electron chi connectivity index (χ2n) is 4.70. The van der Waals surface area contributed by atoms with Crippen LogP contribution in [0.2, 0.25) is 0 Å². The monoisotopic (exact) mass is 275 g/mol. The molecule has 2 aromatic carbocycles. The zero-order chi connectivity index (χ0) is 14.7. The molecule has 2 rings (SSSR count). The van der Waals surface area contributed by atoms with Crippen LogP contribution in [0.15, 0.2) is 36.4 Å². The first-order valence-electron chi connectivity index (χ1n) is 6.41. The molecule has 106 valence electrons. The highest BCUT2D eigenvalue weighted by molar-refractivity contribution is 5.54. The van der Waals surface area contributed by atoms with Gasteiger partial charge in [-0.25, -0.2) is 4.39 Å². The van der Waals surface area contributed by atoms with E-state index in [1.54, 1.807) is 38.3 Å². The molecule has 0 aliphatic heterocycles. The average molecular weight is 275 g/mol. The summed E-state index contributed by atoms with van der Waals surface area (Å²) < 4.78 is 18.6. The molecule has 20 heavy (non-hydrogen) atoms. The minimum absolute atomic E-state index is 0.151. The van der Waals surface area contributed by atoms with Gasteiger partial charge < -0.3 is 15.2 Å². The molecular weight excluding hydrogens is 257 g/mol. The summed E-state index contributed by atoms with van der Waals surface area (Å²) in [6.45, 7) is 3.63. The molecule has 3 nitrogen and oxygen atoms in total. The summed E-state index contributed by atoms with van der Waals surface area (Å²) in [5.41, 5.74) is 2.01. The van der Waals surface area contributed by atoms with E-state index < -0.39 is 0 Å². The zero-order valence-electron chi connectivity index (χ0n) is 11.8. The number of hydrogen-bond acceptors (Lipinski definition) is 3. The van der Waals surface area contributed by atoms with Gasteiger partial charge in [-0.2, -0.15) is 0 Å². The maximum atomic E-state index is 13.5. The molecule has 1 atom stereocenters. The van der Waals surface area contributed by atoms with Crippen LogP contribution in [0, 0.1) is 12.7 Å². The summed E-state index contributed by atoms with van der Waals surface area (Å²) in [4.78, 5) is 0. The fourth-order valence-corrected chi connectivity index (χ4v) is 2.09. The van der Waals surface area contributed by atoms with Crippen LogP contribution in [0.3, 0.4) is 0 Å². The Kier molecular flexibility index (Phi) is 4.13. The molecule has 0 aliphatic rings. The second kappa shape index (κ2) is 5.82. The van der Waals surface area contributed by atoms with E-state index in [9.17, 15) is 9.50 Å². The third-order valence-corrected chi connectivity index (χ3v) is 3.34. The van der Waals surface area contributed by atoms with Crippen molar-refractivity contribution in [1.29, 1.82) is 0 Å². The smallest absolute Gasteiger partial charge is 0.128 e. The zero-order valence-corrected chi connectivity index (χ0v) is 11.8. The molecule has 1 unspecified atom stereocenters. The third-order valence-electron chi connectivity index (χ3n) is 3.34. The standard InChI is InChI=1S/C16H18FNO2/c1-10-14(17)5-4-6-15(10)18-11(2)13-8-7-12(20-3)9-16(13)19/h4-9,11,18-19H,1-3H3. The molecule has 0 fully saturated rings. The van der Waals surface area contributed by atoms with Crippen LogP contribution >= 0.6 is 0 Å². The normalized spacial score (nSPS) is 12.0. The van der Waals surface area contributed by atoms with E-state index in [0.717, 1.165) is 5.56 Å². The van der Waals surface area contributed by atoms with E-state index in [2.05, 4.69) is 5.32 Å². The maximum Gasteiger partial charge on any atom is 0.128 e. The number of aromatic hydroxyl groups is 1. The minimum Gasteiger partial charge on any atom is -0.507 e. The van der Waals surface area contributed by atoms with Crippen LogP contribution in [-0.4, -0.2) is 12.2 Å². The number of ether oxygens (including phenoxy) is 1. The highest BCUT2D eigenvalue weighted by atomic mass is 19.1. The summed E-state index contributed by atoms with van der Waals surface area (Å²) in [6.07, 6.45) is 0. The van der Waals surface area contributed by atoms with Crippen LogP contribution < -0.4 is 10.1 Å². The predicted octanol–water partition coefficient (Wildman–Crippen LogP) is 4.02. The second-order valence-corrected chi connectivity index (χ2v) is 4.70. The Balaban J connectivity index is 2.24. The minimum atomic E-state index is -0.249. The summed E-state index contributed by atoms with van der Waals surface area (Å²) in [5, 5.41) is 13.2. The molecule has 0 bridgehead atoms. The fourth-order valence-electron chi connectivity index (χ4n) is 2.09. The molecular formula is C16H18FNO2. The van der Waals surface area contributed by atoms with Gasteiger partial charge in [0.2, 0.25) is 0 Å². The summed E-state index contributed by atoms with van der Waals surface area (Å²) >= 11 is 0. The SMILES string of the molecule is COc1ccc(C(C)Nc2cccc(F)c2C)c(O)c1. The van der Waals surface area contributed by atoms with Crippen LogP contribution in [-0.2, 0) is 0 Å². The topological polar surface area (TPSA) is 41.5 Å². The number of phenolic OH excluding ortho intramolecular Hbond substituents is 1. The van der Waals surface area contributed by atoms with E-state index in [0.29, 0.717) is 17.0 Å². The number of hydrogen-bond donors (Lipinski definition) is 2. The number of phenols is 1. The van der Waals surface area contributed by atoms with Gasteiger partial charge in [-0.3, -0.25) is 0 Å². The van der Waals surface area contributed by atoms with Crippen LogP contribution in [0.5, 0.6) is 11.5 Å². The highest BCUT2D eigenvalue weighted by Crippen LogP contribution is 2.31. The number of anilines is 1. The number of nitrogens with one attached hydrogen (secondary N) is 1. The molecule has 0 heterocycles. The first-order chi connectivity index (χ1) is 9.52. The first kappa shape index (κ1) is 14.2. The number of benzene rings is 2. The Morgan fingerprint density at radius 2 is 2.00 bits per heavy atom. The number of halogens is 1. The van der Waals surface area contributed by atoms with E-state index in [-0.39, 0.29) is 17.6 Å². The van der Waals surface area contributed by atoms with E-state index >= 15 is 0 Å². The van der Waals surface area contributed by atoms with Gasteiger partial charge in [0.05, 0.1) is 13.2 Å². The fraction of sp³-hybridized carbons (Fsp3) is 0.250. The lowest BCUT2D eigenvalue weighted by molar-refractivity contribution is 0.406. The Hall–Kier alpha value is -2.23. The lowest BCUT2D eigenvalue weighted by atomic mass is 10.1. The van der Waals surface area contributed by atoms with Crippen molar-refractivity contribution in [2.24, 2.45) is 0 Å². The Morgan fingerprint density at radius 3 is 2.65 bits per heavy atom. The van der Waals surface area contributed by atoms with Gasteiger partial charge in [0.1, 0.15) is 17.3 Å². The Bertz CT molecular complexity index is 613. The first-order valence-corrected chi connectivity index (χ1v) is 6.41. The summed E-state index contributed by atoms with van der Waals surface area (Å²) in [6, 6.07) is 9.89. The summed E-state index contributed by atoms with van der Waals surface area (Å²) in [5.74, 6) is 0.500. The van der Waals surface area contributed by atoms with Gasteiger partial charge in [-0.1, -0.05) is 6.07 Å². The molecule has 0 aliphatic carbocycles. The largest absolute Gasteiger partial charge is 0.507 e. The van der Waals surface area contributed by atoms with Crippen molar-refractivity contribution in [3.05, 3.63) is 53.3 Å². The van der Waals surface area contributed by atoms with Crippen molar-refractivity contribution >= 4 is 5.69 Å². The Morgan fingerprint density at radius 1 is 1.25 bits per heavy atom. The van der Waals surface area contributed by atoms with Gasteiger partial charge in [-0.05, 0) is 38.1 Å². The van der Waals surface area contributed by atoms with Crippen molar-refractivity contribution in [2.75, 3.05) is 12.4 Å². The van der Waals surface area contributed by atoms with Crippen molar-refractivity contribution in [1.82, 2.24) is 0 Å². The van der Waals surface area contributed by atoms with E-state index in [4.69, 9.17) is 4.74 Å². The Labute approximate surface area is 118 Å². The molecule has 4 heteroatoms. The lowest BCUT2D eigenvalue weighted by Gasteiger charge is -2.19. The predicted molar refractivity (Wildman–Crippen MR) is 77.8 cm³/mol. The molecule has 0 saturated carbocycles. The molecule has 0 saturated heterocycles. The lowest BCUT2D eigenvalue weighted by Crippen LogP contribution is -2.08. The molecule has 0 radical (unpaired) electrons. The summed E-state index contributed by atoms with van der Waals surface area (Å²) in [7, 11) is 1.55. The average Bonchev–Trinajstić information content (AvgIpc) is 2.43. The van der Waals surface area contributed by atoms with Gasteiger partial charge in [0, 0.05) is 22.9 Å². The molecule has 2 aromatic rings. The van der Waals surface area contributed by atoms with Crippen LogP contribution in [0.25, 0.3) is 0 Å². The molecule has 0 amide bonds. The van der Waals surface area contributed by atoms with Gasteiger partial charge in [0.25, 0.3) is 0 Å². The van der Waals surface area contributed by atoms with Crippen LogP contribution in [0.1, 0.15) is 24.1 Å². The van der Waals surface area contributed by atoms with Gasteiger partial charge in [0.15, 0.2) is 0 Å². The number of rotatable bonds is 4. The van der Waals surface area contributed by atoms with E-state index in [1.165, 1.54) is 6.07 Å². The van der Waals surface area contributed by atoms with E-state index in [1.807, 2.05) is 13.0 Å². The number of methoxy groups -OCH3 is 1. The molecule has 0 spiro atoms. The highest BCUT2D eigenvalue weighted by Gasteiger charge is 2.13. The van der Waals surface area contributed by atoms with Crippen molar-refractivity contribution in [3.63, 3.8) is 0 Å². The molecule has 2 N–H and O–H groups in total. The van der Waals surface area contributed by atoms with Crippen molar-refractivity contribution in [3.8, 4) is 11.5 Å². The van der Waals surface area contributed by atoms with Gasteiger partial charge >= 0.3 is 0 Å². The third kappa shape index (κ3) is 2.85. The van der Waals surface area contributed by atoms with Crippen molar-refractivity contribution < 1.29 is 14.2 Å². The van der Waals surface area contributed by atoms with Gasteiger partial charge in [-0.15, -0.1) is 0 Å².